The van der Waals surface area contributed by atoms with Gasteiger partial charge in [0.25, 0.3) is 0 Å². The van der Waals surface area contributed by atoms with Crippen molar-refractivity contribution < 1.29 is 4.74 Å². The summed E-state index contributed by atoms with van der Waals surface area (Å²) in [5.41, 5.74) is 0. The number of hydrogen-bond donors (Lipinski definition) is 0. The van der Waals surface area contributed by atoms with Crippen LogP contribution < -0.4 is 0 Å². The van der Waals surface area contributed by atoms with Gasteiger partial charge in [0, 0.05) is 13.7 Å². The largest absolute Gasteiger partial charge is 0.385 e. The van der Waals surface area contributed by atoms with Crippen LogP contribution in [0.3, 0.4) is 0 Å². The Hall–Kier alpha value is -0.0400. The number of ether oxygens (including phenoxy) is 1. The lowest BCUT2D eigenvalue weighted by molar-refractivity contribution is 0.192. The van der Waals surface area contributed by atoms with Gasteiger partial charge in [-0.25, -0.2) is 0 Å². The summed E-state index contributed by atoms with van der Waals surface area (Å²) >= 11 is 0. The predicted molar refractivity (Wildman–Crippen MR) is 105 cm³/mol. The van der Waals surface area contributed by atoms with Crippen LogP contribution in [0.15, 0.2) is 0 Å². The minimum atomic E-state index is 0.941. The zero-order chi connectivity index (χ0) is 16.8. The zero-order valence-corrected chi connectivity index (χ0v) is 16.3. The lowest BCUT2D eigenvalue weighted by Gasteiger charge is -2.04. The smallest absolute Gasteiger partial charge is 0.0462 e. The van der Waals surface area contributed by atoms with Gasteiger partial charge in [-0.2, -0.15) is 0 Å². The topological polar surface area (TPSA) is 9.23 Å². The SMILES string of the molecule is [CH2]CCCCCCCCCCCCCCCCCCCCOC. The van der Waals surface area contributed by atoms with Crippen molar-refractivity contribution >= 4 is 0 Å². The maximum Gasteiger partial charge on any atom is 0.0462 e. The van der Waals surface area contributed by atoms with E-state index < -0.39 is 0 Å². The van der Waals surface area contributed by atoms with E-state index >= 15 is 0 Å². The molecular weight excluding hydrogens is 280 g/mol. The standard InChI is InChI=1S/C22H45O/c1-3-4-5-6-7-8-9-10-11-12-13-14-15-16-17-18-19-20-21-22-23-2/h1,3-22H2,2H3. The molecule has 0 amide bonds. The average molecular weight is 326 g/mol. The fraction of sp³-hybridized carbons (Fsp3) is 0.955. The van der Waals surface area contributed by atoms with Crippen molar-refractivity contribution in [3.63, 3.8) is 0 Å². The molecular formula is C22H45O. The molecule has 0 heterocycles. The Balaban J connectivity index is 2.92. The molecule has 23 heavy (non-hydrogen) atoms. The van der Waals surface area contributed by atoms with Gasteiger partial charge in [0.05, 0.1) is 0 Å². The van der Waals surface area contributed by atoms with Gasteiger partial charge in [0.2, 0.25) is 0 Å². The van der Waals surface area contributed by atoms with E-state index in [0.29, 0.717) is 0 Å². The first-order chi connectivity index (χ1) is 11.4. The Morgan fingerprint density at radius 2 is 0.696 bits per heavy atom. The lowest BCUT2D eigenvalue weighted by atomic mass is 10.0. The molecule has 0 rings (SSSR count). The van der Waals surface area contributed by atoms with Crippen molar-refractivity contribution in [1.29, 1.82) is 0 Å². The summed E-state index contributed by atoms with van der Waals surface area (Å²) in [7, 11) is 1.80. The number of rotatable bonds is 20. The van der Waals surface area contributed by atoms with E-state index in [9.17, 15) is 0 Å². The molecule has 0 saturated heterocycles. The molecule has 0 bridgehead atoms. The van der Waals surface area contributed by atoms with E-state index in [4.69, 9.17) is 4.74 Å². The Labute approximate surface area is 148 Å². The third-order valence-corrected chi connectivity index (χ3v) is 4.85. The Morgan fingerprint density at radius 3 is 0.957 bits per heavy atom. The number of unbranched alkanes of at least 4 members (excludes halogenated alkanes) is 18. The molecule has 0 aliphatic carbocycles. The van der Waals surface area contributed by atoms with Crippen molar-refractivity contribution in [2.45, 2.75) is 122 Å². The van der Waals surface area contributed by atoms with Gasteiger partial charge < -0.3 is 4.74 Å². The van der Waals surface area contributed by atoms with Gasteiger partial charge in [-0.15, -0.1) is 0 Å². The maximum absolute atomic E-state index is 5.07. The Kier molecular flexibility index (Phi) is 21.9. The summed E-state index contributed by atoms with van der Waals surface area (Å²) in [5.74, 6) is 0. The highest BCUT2D eigenvalue weighted by Crippen LogP contribution is 2.14. The van der Waals surface area contributed by atoms with Crippen LogP contribution in [0.1, 0.15) is 122 Å². The van der Waals surface area contributed by atoms with Crippen LogP contribution in [-0.2, 0) is 4.74 Å². The second-order valence-electron chi connectivity index (χ2n) is 7.21. The summed E-state index contributed by atoms with van der Waals surface area (Å²) in [6.45, 7) is 4.84. The molecule has 139 valence electrons. The predicted octanol–water partition coefficient (Wildman–Crippen LogP) is 7.88. The molecule has 0 aliphatic heterocycles. The maximum atomic E-state index is 5.07. The fourth-order valence-corrected chi connectivity index (χ4v) is 3.25. The normalized spacial score (nSPS) is 11.2. The van der Waals surface area contributed by atoms with Crippen molar-refractivity contribution in [2.75, 3.05) is 13.7 Å². The molecule has 0 N–H and O–H groups in total. The Bertz CT molecular complexity index is 170. The molecule has 0 aromatic heterocycles. The highest BCUT2D eigenvalue weighted by molar-refractivity contribution is 4.51. The van der Waals surface area contributed by atoms with E-state index in [2.05, 4.69) is 6.92 Å². The lowest BCUT2D eigenvalue weighted by Crippen LogP contribution is -1.88. The van der Waals surface area contributed by atoms with Crippen molar-refractivity contribution in [3.05, 3.63) is 6.92 Å². The zero-order valence-electron chi connectivity index (χ0n) is 16.3. The molecule has 0 aromatic carbocycles. The summed E-state index contributed by atoms with van der Waals surface area (Å²) in [5, 5.41) is 0. The molecule has 0 aliphatic rings. The van der Waals surface area contributed by atoms with E-state index in [1.54, 1.807) is 7.11 Å². The molecule has 1 nitrogen and oxygen atoms in total. The summed E-state index contributed by atoms with van der Waals surface area (Å²) in [6.07, 6.45) is 26.8. The third kappa shape index (κ3) is 22.0. The minimum Gasteiger partial charge on any atom is -0.385 e. The molecule has 0 fully saturated rings. The minimum absolute atomic E-state index is 0.941. The second-order valence-corrected chi connectivity index (χ2v) is 7.21. The van der Waals surface area contributed by atoms with Gasteiger partial charge in [-0.3, -0.25) is 0 Å². The van der Waals surface area contributed by atoms with Gasteiger partial charge in [0.1, 0.15) is 0 Å². The average Bonchev–Trinajstić information content (AvgIpc) is 2.57. The van der Waals surface area contributed by atoms with Crippen LogP contribution in [0.4, 0.5) is 0 Å². The molecule has 0 saturated carbocycles. The molecule has 0 spiro atoms. The summed E-state index contributed by atoms with van der Waals surface area (Å²) in [6, 6.07) is 0. The fourth-order valence-electron chi connectivity index (χ4n) is 3.25. The molecule has 1 heteroatoms. The summed E-state index contributed by atoms with van der Waals surface area (Å²) < 4.78 is 5.07. The van der Waals surface area contributed by atoms with Gasteiger partial charge in [-0.05, 0) is 6.42 Å². The van der Waals surface area contributed by atoms with Gasteiger partial charge in [0.15, 0.2) is 0 Å². The monoisotopic (exact) mass is 325 g/mol. The van der Waals surface area contributed by atoms with Crippen LogP contribution >= 0.6 is 0 Å². The van der Waals surface area contributed by atoms with Crippen molar-refractivity contribution in [2.24, 2.45) is 0 Å². The number of hydrogen-bond acceptors (Lipinski definition) is 1. The summed E-state index contributed by atoms with van der Waals surface area (Å²) in [4.78, 5) is 0. The van der Waals surface area contributed by atoms with Crippen LogP contribution in [0.25, 0.3) is 0 Å². The molecule has 0 unspecified atom stereocenters. The van der Waals surface area contributed by atoms with Gasteiger partial charge >= 0.3 is 0 Å². The van der Waals surface area contributed by atoms with Crippen LogP contribution in [0.2, 0.25) is 0 Å². The van der Waals surface area contributed by atoms with Gasteiger partial charge in [-0.1, -0.05) is 122 Å². The molecule has 0 atom stereocenters. The van der Waals surface area contributed by atoms with E-state index in [1.807, 2.05) is 0 Å². The van der Waals surface area contributed by atoms with Crippen LogP contribution in [-0.4, -0.2) is 13.7 Å². The quantitative estimate of drug-likeness (QED) is 0.207. The third-order valence-electron chi connectivity index (χ3n) is 4.85. The number of methoxy groups -OCH3 is 1. The van der Waals surface area contributed by atoms with Crippen LogP contribution in [0, 0.1) is 6.92 Å². The second kappa shape index (κ2) is 22.0. The first-order valence-corrected chi connectivity index (χ1v) is 10.7. The first kappa shape index (κ1) is 23.0. The first-order valence-electron chi connectivity index (χ1n) is 10.7. The molecule has 1 radical (unpaired) electrons. The van der Waals surface area contributed by atoms with E-state index in [-0.39, 0.29) is 0 Å². The highest BCUT2D eigenvalue weighted by Gasteiger charge is 1.95. The van der Waals surface area contributed by atoms with Crippen LogP contribution in [0.5, 0.6) is 0 Å². The van der Waals surface area contributed by atoms with E-state index in [0.717, 1.165) is 13.0 Å². The van der Waals surface area contributed by atoms with Crippen molar-refractivity contribution in [1.82, 2.24) is 0 Å². The van der Waals surface area contributed by atoms with E-state index in [1.165, 1.54) is 116 Å². The molecule has 0 aromatic rings. The Morgan fingerprint density at radius 1 is 0.435 bits per heavy atom. The highest BCUT2D eigenvalue weighted by atomic mass is 16.5. The van der Waals surface area contributed by atoms with Crippen molar-refractivity contribution in [3.8, 4) is 0 Å².